The van der Waals surface area contributed by atoms with Crippen molar-refractivity contribution in [3.05, 3.63) is 207 Å². The molecule has 0 spiro atoms. The largest absolute Gasteiger partial charge is 2.00 e. The molecule has 68 heavy (non-hydrogen) atoms. The minimum atomic E-state index is 0. The minimum Gasteiger partial charge on any atom is -0.502 e. The van der Waals surface area contributed by atoms with Gasteiger partial charge in [-0.25, -0.2) is 19.9 Å². The summed E-state index contributed by atoms with van der Waals surface area (Å²) in [6.45, 7) is 17.5. The molecule has 0 atom stereocenters. The second-order valence-electron chi connectivity index (χ2n) is 17.7. The maximum Gasteiger partial charge on any atom is 2.00 e. The summed E-state index contributed by atoms with van der Waals surface area (Å²) >= 11 is 0. The number of nitrogens with zero attached hydrogens (tertiary/aromatic N) is 8. The van der Waals surface area contributed by atoms with Crippen LogP contribution in [0.2, 0.25) is 0 Å². The van der Waals surface area contributed by atoms with Crippen molar-refractivity contribution in [2.75, 3.05) is 33.7 Å². The molecule has 0 bridgehead atoms. The Morgan fingerprint density at radius 2 is 0.824 bits per heavy atom. The van der Waals surface area contributed by atoms with Crippen molar-refractivity contribution in [3.8, 4) is 34.3 Å². The maximum absolute atomic E-state index is 9.16. The molecule has 2 aliphatic rings. The van der Waals surface area contributed by atoms with Gasteiger partial charge in [-0.15, -0.1) is 11.4 Å². The van der Waals surface area contributed by atoms with Crippen molar-refractivity contribution >= 4 is 34.4 Å². The van der Waals surface area contributed by atoms with E-state index in [-0.39, 0.29) is 64.7 Å². The number of rotatable bonds is 4. The van der Waals surface area contributed by atoms with Crippen LogP contribution >= 0.6 is 0 Å². The minimum absolute atomic E-state index is 0. The Balaban J connectivity index is 0.000000171. The van der Waals surface area contributed by atoms with E-state index in [4.69, 9.17) is 10.2 Å². The number of para-hydroxylation sites is 2. The fourth-order valence-electron chi connectivity index (χ4n) is 7.52. The van der Waals surface area contributed by atoms with E-state index in [1.165, 1.54) is 22.5 Å². The van der Waals surface area contributed by atoms with Crippen molar-refractivity contribution in [1.82, 2.24) is 19.9 Å². The normalized spacial score (nSPS) is 12.4. The van der Waals surface area contributed by atoms with E-state index in [2.05, 4.69) is 133 Å². The summed E-state index contributed by atoms with van der Waals surface area (Å²) in [4.78, 5) is 25.6. The van der Waals surface area contributed by atoms with Crippen LogP contribution in [-0.2, 0) is 53.0 Å². The molecule has 2 aliphatic heterocycles. The fourth-order valence-corrected chi connectivity index (χ4v) is 7.52. The van der Waals surface area contributed by atoms with Crippen molar-refractivity contribution in [3.63, 3.8) is 0 Å². The Kier molecular flexibility index (Phi) is 18.3. The molecule has 0 aliphatic carbocycles. The molecule has 10 nitrogen and oxygen atoms in total. The van der Waals surface area contributed by atoms with Crippen LogP contribution in [0.25, 0.3) is 22.5 Å². The Morgan fingerprint density at radius 1 is 0.456 bits per heavy atom. The third kappa shape index (κ3) is 13.0. The van der Waals surface area contributed by atoms with E-state index >= 15 is 0 Å². The van der Waals surface area contributed by atoms with E-state index in [9.17, 15) is 0 Å². The summed E-state index contributed by atoms with van der Waals surface area (Å²) in [5, 5.41) is 18.3. The summed E-state index contributed by atoms with van der Waals surface area (Å²) < 4.78 is 0. The molecule has 12 heteroatoms. The molecule has 8 aromatic rings. The first kappa shape index (κ1) is 52.6. The topological polar surface area (TPSA) is 105 Å². The van der Waals surface area contributed by atoms with Gasteiger partial charge in [-0.3, -0.25) is 0 Å². The SMILES string of the molecule is CN1[CH-]N(c2[c-]cccc2)c2nccc(C(C)(C)C)c21.CN1[CH-]N(c2[c-]cccc2)c2nccc(C(C)(C)C)c21.Oc1cccc(-c2ccccc2)n1.Oc1cccc(-c2ccccc2)n1.[Pt+2].[Pt+2]. The number of hydrogen-bond donors (Lipinski definition) is 2. The molecule has 0 fully saturated rings. The summed E-state index contributed by atoms with van der Waals surface area (Å²) in [6, 6.07) is 56.6. The Hall–Kier alpha value is -6.34. The second-order valence-corrected chi connectivity index (χ2v) is 17.7. The molecule has 4 aromatic carbocycles. The van der Waals surface area contributed by atoms with Crippen LogP contribution in [0.3, 0.4) is 0 Å². The zero-order valence-corrected chi connectivity index (χ0v) is 44.0. The van der Waals surface area contributed by atoms with Gasteiger partial charge < -0.3 is 29.8 Å². The molecular weight excluding hydrogens is 1210 g/mol. The number of benzene rings is 4. The van der Waals surface area contributed by atoms with Crippen LogP contribution < -0.4 is 19.6 Å². The molecular formula is C56H56N8O2Pt2. The smallest absolute Gasteiger partial charge is 0.502 e. The number of anilines is 6. The van der Waals surface area contributed by atoms with Gasteiger partial charge in [0.05, 0.1) is 22.8 Å². The van der Waals surface area contributed by atoms with Gasteiger partial charge in [0.15, 0.2) is 0 Å². The summed E-state index contributed by atoms with van der Waals surface area (Å²) in [6.07, 6.45) is 3.78. The van der Waals surface area contributed by atoms with Crippen LogP contribution in [0.15, 0.2) is 170 Å². The van der Waals surface area contributed by atoms with Gasteiger partial charge in [-0.05, 0) is 60.3 Å². The van der Waals surface area contributed by atoms with Gasteiger partial charge >= 0.3 is 42.1 Å². The predicted octanol–water partition coefficient (Wildman–Crippen LogP) is 12.7. The van der Waals surface area contributed by atoms with Crippen molar-refractivity contribution in [1.29, 1.82) is 0 Å². The van der Waals surface area contributed by atoms with Crippen LogP contribution in [0.4, 0.5) is 34.4 Å². The van der Waals surface area contributed by atoms with Crippen molar-refractivity contribution < 1.29 is 52.3 Å². The average molecular weight is 1260 g/mol. The van der Waals surface area contributed by atoms with Gasteiger partial charge in [0.2, 0.25) is 11.8 Å². The standard InChI is InChI=1S/2C17H19N3.2C11H9NO.2Pt/c2*1-17(2,3)14-10-11-18-16-15(14)19(4)12-20(16)13-8-6-5-7-9-13;2*13-11-8-4-7-10(12-11)9-5-2-1-3-6-9;;/h2*5-8,10-12H,1-4H3;2*1-8H,(H,12,13);;/q2*-2;;;2*+2. The third-order valence-electron chi connectivity index (χ3n) is 10.7. The monoisotopic (exact) mass is 1260 g/mol. The molecule has 0 unspecified atom stereocenters. The maximum atomic E-state index is 9.16. The van der Waals surface area contributed by atoms with Gasteiger partial charge in [0, 0.05) is 35.7 Å². The number of aromatic hydroxyl groups is 2. The van der Waals surface area contributed by atoms with Crippen LogP contribution in [-0.4, -0.2) is 44.2 Å². The first-order valence-electron chi connectivity index (χ1n) is 21.8. The number of aromatic nitrogens is 4. The Bertz CT molecular complexity index is 2610. The van der Waals surface area contributed by atoms with Crippen LogP contribution in [0.5, 0.6) is 11.8 Å². The van der Waals surface area contributed by atoms with Gasteiger partial charge in [-0.1, -0.05) is 114 Å². The van der Waals surface area contributed by atoms with Gasteiger partial charge in [0.25, 0.3) is 0 Å². The van der Waals surface area contributed by atoms with E-state index in [1.807, 2.05) is 134 Å². The summed E-state index contributed by atoms with van der Waals surface area (Å²) in [5.74, 6) is 2.06. The van der Waals surface area contributed by atoms with E-state index in [1.54, 1.807) is 24.3 Å². The predicted molar refractivity (Wildman–Crippen MR) is 269 cm³/mol. The number of hydrogen-bond acceptors (Lipinski definition) is 10. The fraction of sp³-hybridized carbons (Fsp3) is 0.179. The molecule has 0 saturated carbocycles. The third-order valence-corrected chi connectivity index (χ3v) is 10.7. The molecule has 0 radical (unpaired) electrons. The van der Waals surface area contributed by atoms with Crippen LogP contribution in [0.1, 0.15) is 52.7 Å². The summed E-state index contributed by atoms with van der Waals surface area (Å²) in [5.41, 5.74) is 10.8. The van der Waals surface area contributed by atoms with E-state index in [0.717, 1.165) is 45.5 Å². The number of pyridine rings is 4. The molecule has 0 amide bonds. The number of fused-ring (bicyclic) bond motifs is 2. The zero-order valence-electron chi connectivity index (χ0n) is 39.4. The molecule has 2 N–H and O–H groups in total. The van der Waals surface area contributed by atoms with Gasteiger partial charge in [-0.2, -0.15) is 74.0 Å². The summed E-state index contributed by atoms with van der Waals surface area (Å²) in [7, 11) is 4.14. The van der Waals surface area contributed by atoms with E-state index in [0.29, 0.717) is 0 Å². The quantitative estimate of drug-likeness (QED) is 0.166. The molecule has 4 aromatic heterocycles. The van der Waals surface area contributed by atoms with Crippen molar-refractivity contribution in [2.45, 2.75) is 52.4 Å². The zero-order chi connectivity index (χ0) is 46.8. The second kappa shape index (κ2) is 23.6. The van der Waals surface area contributed by atoms with Gasteiger partial charge in [0.1, 0.15) is 11.6 Å². The first-order valence-corrected chi connectivity index (χ1v) is 21.8. The molecule has 352 valence electrons. The van der Waals surface area contributed by atoms with E-state index < -0.39 is 0 Å². The van der Waals surface area contributed by atoms with Crippen molar-refractivity contribution in [2.24, 2.45) is 0 Å². The first-order chi connectivity index (χ1) is 31.7. The Morgan fingerprint density at radius 3 is 1.15 bits per heavy atom. The van der Waals surface area contributed by atoms with Crippen LogP contribution in [0, 0.1) is 25.5 Å². The average Bonchev–Trinajstić information content (AvgIpc) is 3.86. The molecule has 6 heterocycles. The molecule has 10 rings (SSSR count). The molecule has 0 saturated heterocycles. The Labute approximate surface area is 430 Å².